The Morgan fingerprint density at radius 2 is 1.76 bits per heavy atom. The molecule has 0 fully saturated rings. The lowest BCUT2D eigenvalue weighted by Crippen LogP contribution is -2.13. The van der Waals surface area contributed by atoms with Gasteiger partial charge in [0.1, 0.15) is 11.4 Å². The van der Waals surface area contributed by atoms with Gasteiger partial charge in [0.25, 0.3) is 10.0 Å². The van der Waals surface area contributed by atoms with Crippen molar-refractivity contribution in [2.24, 2.45) is 0 Å². The van der Waals surface area contributed by atoms with Gasteiger partial charge in [-0.25, -0.2) is 13.4 Å². The summed E-state index contributed by atoms with van der Waals surface area (Å²) in [4.78, 5) is 4.83. The number of pyridine rings is 1. The van der Waals surface area contributed by atoms with Crippen LogP contribution in [-0.4, -0.2) is 24.9 Å². The Morgan fingerprint density at radius 1 is 1.00 bits per heavy atom. The van der Waals surface area contributed by atoms with E-state index in [9.17, 15) is 8.42 Å². The smallest absolute Gasteiger partial charge is 0.261 e. The van der Waals surface area contributed by atoms with Crippen molar-refractivity contribution >= 4 is 21.4 Å². The Balaban J connectivity index is 1.68. The number of nitrogens with zero attached hydrogens (tertiary/aromatic N) is 2. The van der Waals surface area contributed by atoms with Gasteiger partial charge in [-0.1, -0.05) is 12.1 Å². The lowest BCUT2D eigenvalue weighted by Gasteiger charge is -2.12. The van der Waals surface area contributed by atoms with Gasteiger partial charge in [-0.3, -0.25) is 4.72 Å². The van der Waals surface area contributed by atoms with E-state index in [1.807, 2.05) is 61.0 Å². The molecule has 0 spiro atoms. The number of rotatable bonds is 5. The van der Waals surface area contributed by atoms with Gasteiger partial charge in [0.15, 0.2) is 0 Å². The average Bonchev–Trinajstić information content (AvgIpc) is 3.12. The van der Waals surface area contributed by atoms with Crippen LogP contribution in [0.5, 0.6) is 5.75 Å². The molecule has 148 valence electrons. The Morgan fingerprint density at radius 3 is 2.48 bits per heavy atom. The van der Waals surface area contributed by atoms with Gasteiger partial charge in [-0.2, -0.15) is 0 Å². The second-order valence-electron chi connectivity index (χ2n) is 6.91. The molecule has 7 heteroatoms. The predicted molar refractivity (Wildman–Crippen MR) is 114 cm³/mol. The molecule has 0 atom stereocenters. The summed E-state index contributed by atoms with van der Waals surface area (Å²) in [5, 5.41) is 0. The fourth-order valence-corrected chi connectivity index (χ4v) is 4.19. The van der Waals surface area contributed by atoms with Crippen LogP contribution in [0.4, 0.5) is 5.69 Å². The van der Waals surface area contributed by atoms with Crippen LogP contribution in [-0.2, 0) is 10.0 Å². The number of sulfonamides is 1. The van der Waals surface area contributed by atoms with Crippen molar-refractivity contribution in [1.82, 2.24) is 9.38 Å². The lowest BCUT2D eigenvalue weighted by atomic mass is 10.1. The standard InChI is InChI=1S/C22H21N3O3S/c1-15-10-11-25-14-21(23-22(25)12-15)17-5-4-16(2)20(13-17)24-29(26,27)19-8-6-18(28-3)7-9-19/h4-14,24H,1-3H3. The Bertz CT molecular complexity index is 1290. The maximum atomic E-state index is 12.8. The molecule has 4 rings (SSSR count). The number of benzene rings is 2. The zero-order valence-electron chi connectivity index (χ0n) is 16.4. The molecule has 6 nitrogen and oxygen atoms in total. The molecule has 0 saturated carbocycles. The molecular weight excluding hydrogens is 386 g/mol. The number of methoxy groups -OCH3 is 1. The van der Waals surface area contributed by atoms with Crippen LogP contribution < -0.4 is 9.46 Å². The average molecular weight is 407 g/mol. The number of nitrogens with one attached hydrogen (secondary N) is 1. The van der Waals surface area contributed by atoms with Crippen LogP contribution in [0.2, 0.25) is 0 Å². The maximum absolute atomic E-state index is 12.8. The number of imidazole rings is 1. The van der Waals surface area contributed by atoms with Crippen LogP contribution >= 0.6 is 0 Å². The van der Waals surface area contributed by atoms with Crippen molar-refractivity contribution < 1.29 is 13.2 Å². The first-order valence-corrected chi connectivity index (χ1v) is 10.6. The minimum atomic E-state index is -3.72. The Kier molecular flexibility index (Phi) is 4.76. The summed E-state index contributed by atoms with van der Waals surface area (Å²) in [6.07, 6.45) is 3.89. The molecule has 2 heterocycles. The summed E-state index contributed by atoms with van der Waals surface area (Å²) in [5.41, 5.74) is 4.94. The molecule has 0 unspecified atom stereocenters. The minimum absolute atomic E-state index is 0.173. The monoisotopic (exact) mass is 407 g/mol. The van der Waals surface area contributed by atoms with E-state index in [0.29, 0.717) is 11.4 Å². The van der Waals surface area contributed by atoms with Crippen molar-refractivity contribution in [2.45, 2.75) is 18.7 Å². The molecule has 1 N–H and O–H groups in total. The highest BCUT2D eigenvalue weighted by Crippen LogP contribution is 2.27. The van der Waals surface area contributed by atoms with Gasteiger partial charge in [-0.15, -0.1) is 0 Å². The number of hydrogen-bond acceptors (Lipinski definition) is 4. The van der Waals surface area contributed by atoms with Gasteiger partial charge in [0, 0.05) is 18.0 Å². The summed E-state index contributed by atoms with van der Waals surface area (Å²) in [5.74, 6) is 0.601. The highest BCUT2D eigenvalue weighted by Gasteiger charge is 2.16. The molecule has 0 aliphatic rings. The van der Waals surface area contributed by atoms with E-state index in [0.717, 1.165) is 28.0 Å². The zero-order chi connectivity index (χ0) is 20.6. The number of hydrogen-bond donors (Lipinski definition) is 1. The third-order valence-electron chi connectivity index (χ3n) is 4.76. The van der Waals surface area contributed by atoms with E-state index in [-0.39, 0.29) is 4.90 Å². The molecule has 4 aromatic rings. The molecule has 0 bridgehead atoms. The SMILES string of the molecule is COc1ccc(S(=O)(=O)Nc2cc(-c3cn4ccc(C)cc4n3)ccc2C)cc1. The van der Waals surface area contributed by atoms with Crippen molar-refractivity contribution in [3.05, 3.63) is 78.1 Å². The summed E-state index contributed by atoms with van der Waals surface area (Å²) < 4.78 is 35.3. The molecule has 29 heavy (non-hydrogen) atoms. The van der Waals surface area contributed by atoms with Crippen LogP contribution in [0.1, 0.15) is 11.1 Å². The largest absolute Gasteiger partial charge is 0.497 e. The third-order valence-corrected chi connectivity index (χ3v) is 6.14. The number of fused-ring (bicyclic) bond motifs is 1. The fraction of sp³-hybridized carbons (Fsp3) is 0.136. The van der Waals surface area contributed by atoms with Crippen LogP contribution in [0.15, 0.2) is 71.9 Å². The molecule has 0 aliphatic heterocycles. The molecule has 2 aromatic carbocycles. The van der Waals surface area contributed by atoms with E-state index in [2.05, 4.69) is 9.71 Å². The van der Waals surface area contributed by atoms with E-state index in [1.54, 1.807) is 12.1 Å². The highest BCUT2D eigenvalue weighted by molar-refractivity contribution is 7.92. The van der Waals surface area contributed by atoms with E-state index in [1.165, 1.54) is 19.2 Å². The highest BCUT2D eigenvalue weighted by atomic mass is 32.2. The van der Waals surface area contributed by atoms with Gasteiger partial charge < -0.3 is 9.14 Å². The molecule has 0 radical (unpaired) electrons. The second-order valence-corrected chi connectivity index (χ2v) is 8.59. The predicted octanol–water partition coefficient (Wildman–Crippen LogP) is 4.43. The van der Waals surface area contributed by atoms with Crippen molar-refractivity contribution in [3.63, 3.8) is 0 Å². The number of aromatic nitrogens is 2. The molecule has 0 aliphatic carbocycles. The van der Waals surface area contributed by atoms with E-state index >= 15 is 0 Å². The van der Waals surface area contributed by atoms with E-state index in [4.69, 9.17) is 4.74 Å². The Hall–Kier alpha value is -3.32. The molecule has 0 amide bonds. The first-order valence-electron chi connectivity index (χ1n) is 9.09. The van der Waals surface area contributed by atoms with Crippen molar-refractivity contribution in [2.75, 3.05) is 11.8 Å². The fourth-order valence-electron chi connectivity index (χ4n) is 3.07. The zero-order valence-corrected chi connectivity index (χ0v) is 17.2. The third kappa shape index (κ3) is 3.82. The van der Waals surface area contributed by atoms with Crippen LogP contribution in [0.3, 0.4) is 0 Å². The number of aryl methyl sites for hydroxylation is 2. The number of anilines is 1. The summed E-state index contributed by atoms with van der Waals surface area (Å²) in [6.45, 7) is 3.88. The first-order chi connectivity index (χ1) is 13.9. The Labute approximate surface area is 169 Å². The van der Waals surface area contributed by atoms with Crippen LogP contribution in [0, 0.1) is 13.8 Å². The van der Waals surface area contributed by atoms with E-state index < -0.39 is 10.0 Å². The second kappa shape index (κ2) is 7.25. The molecule has 2 aromatic heterocycles. The minimum Gasteiger partial charge on any atom is -0.497 e. The lowest BCUT2D eigenvalue weighted by molar-refractivity contribution is 0.414. The first kappa shape index (κ1) is 19.0. The number of ether oxygens (including phenoxy) is 1. The maximum Gasteiger partial charge on any atom is 0.261 e. The van der Waals surface area contributed by atoms with Gasteiger partial charge in [0.2, 0.25) is 0 Å². The van der Waals surface area contributed by atoms with Gasteiger partial charge in [-0.05, 0) is 67.4 Å². The van der Waals surface area contributed by atoms with Gasteiger partial charge in [0.05, 0.1) is 23.4 Å². The van der Waals surface area contributed by atoms with Crippen molar-refractivity contribution in [1.29, 1.82) is 0 Å². The topological polar surface area (TPSA) is 72.7 Å². The molecule has 0 saturated heterocycles. The quantitative estimate of drug-likeness (QED) is 0.531. The van der Waals surface area contributed by atoms with Gasteiger partial charge >= 0.3 is 0 Å². The normalized spacial score (nSPS) is 11.6. The summed E-state index contributed by atoms with van der Waals surface area (Å²) in [6, 6.07) is 15.9. The van der Waals surface area contributed by atoms with Crippen molar-refractivity contribution in [3.8, 4) is 17.0 Å². The summed E-state index contributed by atoms with van der Waals surface area (Å²) >= 11 is 0. The van der Waals surface area contributed by atoms with Crippen LogP contribution in [0.25, 0.3) is 16.9 Å². The molecular formula is C22H21N3O3S. The summed E-state index contributed by atoms with van der Waals surface area (Å²) in [7, 11) is -2.18.